The second-order valence-electron chi connectivity index (χ2n) is 8.06. The van der Waals surface area contributed by atoms with Crippen LogP contribution in [0.2, 0.25) is 0 Å². The molecule has 2 heterocycles. The van der Waals surface area contributed by atoms with Crippen LogP contribution in [0.15, 0.2) is 64.5 Å². The van der Waals surface area contributed by atoms with Gasteiger partial charge in [0.05, 0.1) is 16.8 Å². The molecule has 1 aliphatic carbocycles. The van der Waals surface area contributed by atoms with Gasteiger partial charge in [0.15, 0.2) is 5.16 Å². The van der Waals surface area contributed by atoms with Crippen molar-refractivity contribution < 1.29 is 9.59 Å². The van der Waals surface area contributed by atoms with Gasteiger partial charge >= 0.3 is 0 Å². The number of thioether (sulfide) groups is 1. The molecule has 7 nitrogen and oxygen atoms in total. The lowest BCUT2D eigenvalue weighted by molar-refractivity contribution is -0.119. The molecule has 0 atom stereocenters. The van der Waals surface area contributed by atoms with Crippen LogP contribution in [-0.4, -0.2) is 27.1 Å². The Morgan fingerprint density at radius 2 is 1.82 bits per heavy atom. The SMILES string of the molecule is Cc1ccc(-n2c(SCC(=O)NNC(=O)c3ccccc3)nc3sc4c(c3c2=O)CCC4)cc1. The van der Waals surface area contributed by atoms with Gasteiger partial charge in [-0.1, -0.05) is 47.7 Å². The third-order valence-electron chi connectivity index (χ3n) is 5.68. The molecule has 0 radical (unpaired) electrons. The molecule has 4 aromatic rings. The van der Waals surface area contributed by atoms with Crippen LogP contribution in [0.1, 0.15) is 32.8 Å². The highest BCUT2D eigenvalue weighted by molar-refractivity contribution is 7.99. The van der Waals surface area contributed by atoms with E-state index in [4.69, 9.17) is 4.98 Å². The Labute approximate surface area is 204 Å². The van der Waals surface area contributed by atoms with E-state index in [9.17, 15) is 14.4 Å². The van der Waals surface area contributed by atoms with Crippen molar-refractivity contribution in [3.63, 3.8) is 0 Å². The summed E-state index contributed by atoms with van der Waals surface area (Å²) in [5.41, 5.74) is 8.11. The number of hydrazine groups is 1. The molecule has 1 aliphatic rings. The number of amides is 2. The molecule has 0 fully saturated rings. The van der Waals surface area contributed by atoms with Gasteiger partial charge in [0.2, 0.25) is 5.91 Å². The Kier molecular flexibility index (Phi) is 6.21. The largest absolute Gasteiger partial charge is 0.272 e. The predicted molar refractivity (Wildman–Crippen MR) is 135 cm³/mol. The van der Waals surface area contributed by atoms with Crippen molar-refractivity contribution in [1.29, 1.82) is 0 Å². The van der Waals surface area contributed by atoms with Crippen molar-refractivity contribution in [1.82, 2.24) is 20.4 Å². The molecule has 34 heavy (non-hydrogen) atoms. The van der Waals surface area contributed by atoms with E-state index in [1.54, 1.807) is 40.2 Å². The monoisotopic (exact) mass is 490 g/mol. The maximum Gasteiger partial charge on any atom is 0.269 e. The van der Waals surface area contributed by atoms with Gasteiger partial charge in [-0.3, -0.25) is 29.8 Å². The summed E-state index contributed by atoms with van der Waals surface area (Å²) in [6.45, 7) is 1.99. The van der Waals surface area contributed by atoms with Crippen LogP contribution in [0.5, 0.6) is 0 Å². The van der Waals surface area contributed by atoms with Crippen LogP contribution in [0, 0.1) is 6.92 Å². The highest BCUT2D eigenvalue weighted by atomic mass is 32.2. The van der Waals surface area contributed by atoms with E-state index in [1.807, 2.05) is 37.3 Å². The smallest absolute Gasteiger partial charge is 0.269 e. The maximum absolute atomic E-state index is 13.6. The molecule has 5 rings (SSSR count). The molecular weight excluding hydrogens is 468 g/mol. The van der Waals surface area contributed by atoms with Gasteiger partial charge < -0.3 is 0 Å². The number of aryl methyl sites for hydroxylation is 3. The van der Waals surface area contributed by atoms with Crippen molar-refractivity contribution in [3.05, 3.63) is 86.5 Å². The van der Waals surface area contributed by atoms with Crippen LogP contribution >= 0.6 is 23.1 Å². The standard InChI is InChI=1S/C25H22N4O3S2/c1-15-10-12-17(13-11-15)29-24(32)21-18-8-5-9-19(18)34-23(21)26-25(29)33-14-20(30)27-28-22(31)16-6-3-2-4-7-16/h2-4,6-7,10-13H,5,8-9,14H2,1H3,(H,27,30)(H,28,31). The first kappa shape index (κ1) is 22.4. The first-order chi connectivity index (χ1) is 16.5. The van der Waals surface area contributed by atoms with E-state index in [2.05, 4.69) is 10.9 Å². The fourth-order valence-electron chi connectivity index (χ4n) is 4.00. The van der Waals surface area contributed by atoms with Crippen LogP contribution in [0.4, 0.5) is 0 Å². The molecule has 2 aromatic carbocycles. The Balaban J connectivity index is 1.40. The molecule has 0 saturated heterocycles. The van der Waals surface area contributed by atoms with E-state index in [0.717, 1.165) is 35.2 Å². The van der Waals surface area contributed by atoms with Crippen molar-refractivity contribution in [2.24, 2.45) is 0 Å². The van der Waals surface area contributed by atoms with E-state index < -0.39 is 11.8 Å². The van der Waals surface area contributed by atoms with Crippen molar-refractivity contribution >= 4 is 45.1 Å². The lowest BCUT2D eigenvalue weighted by Crippen LogP contribution is -2.42. The lowest BCUT2D eigenvalue weighted by atomic mass is 10.2. The van der Waals surface area contributed by atoms with Gasteiger partial charge in [-0.25, -0.2) is 4.98 Å². The first-order valence-electron chi connectivity index (χ1n) is 10.9. The molecule has 2 amide bonds. The number of hydrogen-bond acceptors (Lipinski definition) is 6. The molecule has 2 aromatic heterocycles. The van der Waals surface area contributed by atoms with Crippen molar-refractivity contribution in [3.8, 4) is 5.69 Å². The number of thiophene rings is 1. The molecule has 9 heteroatoms. The minimum absolute atomic E-state index is 0.00995. The van der Waals surface area contributed by atoms with Crippen molar-refractivity contribution in [2.75, 3.05) is 5.75 Å². The van der Waals surface area contributed by atoms with Crippen LogP contribution < -0.4 is 16.4 Å². The van der Waals surface area contributed by atoms with Gasteiger partial charge in [-0.2, -0.15) is 0 Å². The Morgan fingerprint density at radius 3 is 2.59 bits per heavy atom. The number of carbonyl (C=O) groups is 2. The van der Waals surface area contributed by atoms with Gasteiger partial charge in [-0.15, -0.1) is 11.3 Å². The summed E-state index contributed by atoms with van der Waals surface area (Å²) in [6.07, 6.45) is 2.94. The summed E-state index contributed by atoms with van der Waals surface area (Å²) in [4.78, 5) is 45.0. The molecule has 0 aliphatic heterocycles. The number of hydrogen-bond donors (Lipinski definition) is 2. The summed E-state index contributed by atoms with van der Waals surface area (Å²) >= 11 is 2.74. The average molecular weight is 491 g/mol. The zero-order valence-electron chi connectivity index (χ0n) is 18.5. The number of benzene rings is 2. The summed E-state index contributed by atoms with van der Waals surface area (Å²) in [6, 6.07) is 16.3. The highest BCUT2D eigenvalue weighted by Gasteiger charge is 2.24. The Morgan fingerprint density at radius 1 is 1.06 bits per heavy atom. The fraction of sp³-hybridized carbons (Fsp3) is 0.200. The predicted octanol–water partition coefficient (Wildman–Crippen LogP) is 3.80. The average Bonchev–Trinajstić information content (AvgIpc) is 3.44. The van der Waals surface area contributed by atoms with Gasteiger partial charge in [-0.05, 0) is 56.0 Å². The molecular formula is C25H22N4O3S2. The number of carbonyl (C=O) groups excluding carboxylic acids is 2. The van der Waals surface area contributed by atoms with Gasteiger partial charge in [0.1, 0.15) is 4.83 Å². The fourth-order valence-corrected chi connectivity index (χ4v) is 6.11. The van der Waals surface area contributed by atoms with Gasteiger partial charge in [0, 0.05) is 10.4 Å². The highest BCUT2D eigenvalue weighted by Crippen LogP contribution is 2.36. The first-order valence-corrected chi connectivity index (χ1v) is 12.7. The number of rotatable bonds is 5. The molecule has 0 spiro atoms. The van der Waals surface area contributed by atoms with E-state index in [-0.39, 0.29) is 11.3 Å². The molecule has 0 unspecified atom stereocenters. The zero-order chi connectivity index (χ0) is 23.7. The van der Waals surface area contributed by atoms with E-state index in [0.29, 0.717) is 21.8 Å². The minimum atomic E-state index is -0.400. The topological polar surface area (TPSA) is 93.1 Å². The summed E-state index contributed by atoms with van der Waals surface area (Å²) in [5, 5.41) is 1.15. The maximum atomic E-state index is 13.6. The third kappa shape index (κ3) is 4.36. The molecule has 172 valence electrons. The van der Waals surface area contributed by atoms with E-state index in [1.165, 1.54) is 16.6 Å². The minimum Gasteiger partial charge on any atom is -0.272 e. The second-order valence-corrected chi connectivity index (χ2v) is 10.1. The summed E-state index contributed by atoms with van der Waals surface area (Å²) < 4.78 is 1.59. The number of fused-ring (bicyclic) bond motifs is 3. The summed E-state index contributed by atoms with van der Waals surface area (Å²) in [5.74, 6) is -0.805. The number of nitrogens with zero attached hydrogens (tertiary/aromatic N) is 2. The number of nitrogens with one attached hydrogen (secondary N) is 2. The third-order valence-corrected chi connectivity index (χ3v) is 7.81. The number of aromatic nitrogens is 2. The Bertz CT molecular complexity index is 1440. The van der Waals surface area contributed by atoms with Gasteiger partial charge in [0.25, 0.3) is 11.5 Å². The molecule has 0 bridgehead atoms. The second kappa shape index (κ2) is 9.44. The van der Waals surface area contributed by atoms with Crippen LogP contribution in [0.3, 0.4) is 0 Å². The molecule has 2 N–H and O–H groups in total. The normalized spacial score (nSPS) is 12.5. The summed E-state index contributed by atoms with van der Waals surface area (Å²) in [7, 11) is 0. The quantitative estimate of drug-likeness (QED) is 0.252. The van der Waals surface area contributed by atoms with Crippen LogP contribution in [-0.2, 0) is 17.6 Å². The Hall–Kier alpha value is -3.43. The van der Waals surface area contributed by atoms with Crippen LogP contribution in [0.25, 0.3) is 15.9 Å². The van der Waals surface area contributed by atoms with Crippen molar-refractivity contribution in [2.45, 2.75) is 31.3 Å². The molecule has 0 saturated carbocycles. The van der Waals surface area contributed by atoms with E-state index >= 15 is 0 Å². The lowest BCUT2D eigenvalue weighted by Gasteiger charge is -2.13. The zero-order valence-corrected chi connectivity index (χ0v) is 20.1.